The average Bonchev–Trinajstić information content (AvgIpc) is 3.08. The van der Waals surface area contributed by atoms with Gasteiger partial charge < -0.3 is 14.7 Å². The van der Waals surface area contributed by atoms with Crippen LogP contribution in [0.1, 0.15) is 22.7 Å². The maximum Gasteiger partial charge on any atom is 0.295 e. The van der Waals surface area contributed by atoms with Crippen molar-refractivity contribution in [1.29, 1.82) is 0 Å². The van der Waals surface area contributed by atoms with E-state index >= 15 is 0 Å². The van der Waals surface area contributed by atoms with Crippen molar-refractivity contribution < 1.29 is 19.4 Å². The summed E-state index contributed by atoms with van der Waals surface area (Å²) in [6.45, 7) is 0.348. The van der Waals surface area contributed by atoms with Crippen molar-refractivity contribution in [2.24, 2.45) is 0 Å². The number of amides is 1. The lowest BCUT2D eigenvalue weighted by molar-refractivity contribution is -0.139. The van der Waals surface area contributed by atoms with Gasteiger partial charge in [0.05, 0.1) is 18.7 Å². The van der Waals surface area contributed by atoms with Crippen molar-refractivity contribution >= 4 is 17.4 Å². The van der Waals surface area contributed by atoms with E-state index in [9.17, 15) is 14.7 Å². The Balaban J connectivity index is 1.75. The third-order valence-corrected chi connectivity index (χ3v) is 5.41. The van der Waals surface area contributed by atoms with Crippen LogP contribution in [-0.2, 0) is 16.0 Å². The molecule has 1 unspecified atom stereocenters. The summed E-state index contributed by atoms with van der Waals surface area (Å²) in [5, 5.41) is 11.0. The molecule has 0 bridgehead atoms. The zero-order chi connectivity index (χ0) is 21.8. The molecule has 1 aliphatic heterocycles. The first-order valence-corrected chi connectivity index (χ1v) is 9.97. The van der Waals surface area contributed by atoms with Gasteiger partial charge in [0.1, 0.15) is 11.5 Å². The third-order valence-electron chi connectivity index (χ3n) is 5.41. The number of aliphatic hydroxyl groups excluding tert-OH is 1. The lowest BCUT2D eigenvalue weighted by Crippen LogP contribution is -2.31. The standard InChI is InChI=1S/C25H22N2O4/c1-31-20-9-7-19(8-10-20)23(28)21-22(18-11-14-26-15-12-18)27(25(30)24(21)29)16-13-17-5-3-2-4-6-17/h2-12,14-15,22,28H,13,16H2,1H3. The lowest BCUT2D eigenvalue weighted by Gasteiger charge is -2.25. The van der Waals surface area contributed by atoms with Crippen LogP contribution in [0.5, 0.6) is 5.75 Å². The number of ketones is 1. The van der Waals surface area contributed by atoms with Gasteiger partial charge in [-0.05, 0) is 53.9 Å². The minimum absolute atomic E-state index is 0.0782. The number of benzene rings is 2. The van der Waals surface area contributed by atoms with Gasteiger partial charge in [-0.15, -0.1) is 0 Å². The molecule has 1 atom stereocenters. The minimum atomic E-state index is -0.691. The molecule has 2 heterocycles. The molecule has 0 saturated carbocycles. The Bertz CT molecular complexity index is 1110. The minimum Gasteiger partial charge on any atom is -0.507 e. The predicted octanol–water partition coefficient (Wildman–Crippen LogP) is 3.75. The van der Waals surface area contributed by atoms with Crippen molar-refractivity contribution in [2.75, 3.05) is 13.7 Å². The van der Waals surface area contributed by atoms with Gasteiger partial charge in [0, 0.05) is 24.5 Å². The summed E-state index contributed by atoms with van der Waals surface area (Å²) in [6, 6.07) is 19.3. The van der Waals surface area contributed by atoms with Crippen molar-refractivity contribution in [3.05, 3.63) is 101 Å². The van der Waals surface area contributed by atoms with Gasteiger partial charge in [-0.1, -0.05) is 30.3 Å². The molecular weight excluding hydrogens is 392 g/mol. The van der Waals surface area contributed by atoms with Crippen molar-refractivity contribution in [2.45, 2.75) is 12.5 Å². The van der Waals surface area contributed by atoms with Gasteiger partial charge >= 0.3 is 0 Å². The number of pyridine rings is 1. The van der Waals surface area contributed by atoms with Crippen LogP contribution in [0.2, 0.25) is 0 Å². The fourth-order valence-corrected chi connectivity index (χ4v) is 3.80. The monoisotopic (exact) mass is 414 g/mol. The normalized spacial score (nSPS) is 17.7. The fraction of sp³-hybridized carbons (Fsp3) is 0.160. The van der Waals surface area contributed by atoms with Crippen LogP contribution >= 0.6 is 0 Å². The molecule has 1 aliphatic rings. The first-order chi connectivity index (χ1) is 15.1. The summed E-state index contributed by atoms with van der Waals surface area (Å²) >= 11 is 0. The molecule has 4 rings (SSSR count). The number of Topliss-reactive ketones (excluding diaryl/α,β-unsaturated/α-hetero) is 1. The average molecular weight is 414 g/mol. The number of aliphatic hydroxyl groups is 1. The number of hydrogen-bond donors (Lipinski definition) is 1. The summed E-state index contributed by atoms with van der Waals surface area (Å²) in [4.78, 5) is 31.5. The lowest BCUT2D eigenvalue weighted by atomic mass is 9.96. The maximum absolute atomic E-state index is 13.0. The Hall–Kier alpha value is -3.93. The molecule has 2 aromatic carbocycles. The summed E-state index contributed by atoms with van der Waals surface area (Å²) < 4.78 is 5.16. The quantitative estimate of drug-likeness (QED) is 0.377. The highest BCUT2D eigenvalue weighted by molar-refractivity contribution is 6.46. The van der Waals surface area contributed by atoms with Gasteiger partial charge in [0.15, 0.2) is 0 Å². The van der Waals surface area contributed by atoms with E-state index < -0.39 is 17.7 Å². The van der Waals surface area contributed by atoms with E-state index in [1.165, 1.54) is 4.90 Å². The van der Waals surface area contributed by atoms with E-state index in [2.05, 4.69) is 4.98 Å². The second-order valence-corrected chi connectivity index (χ2v) is 7.24. The Morgan fingerprint density at radius 2 is 1.68 bits per heavy atom. The Morgan fingerprint density at radius 1 is 1.00 bits per heavy atom. The van der Waals surface area contributed by atoms with Crippen molar-refractivity contribution in [3.8, 4) is 5.75 Å². The van der Waals surface area contributed by atoms with E-state index in [1.54, 1.807) is 55.9 Å². The number of carbonyl (C=O) groups is 2. The Morgan fingerprint density at radius 3 is 2.32 bits per heavy atom. The number of rotatable bonds is 6. The van der Waals surface area contributed by atoms with E-state index in [4.69, 9.17) is 4.74 Å². The molecule has 0 radical (unpaired) electrons. The van der Waals surface area contributed by atoms with Crippen molar-refractivity contribution in [3.63, 3.8) is 0 Å². The van der Waals surface area contributed by atoms with Gasteiger partial charge in [-0.25, -0.2) is 0 Å². The van der Waals surface area contributed by atoms with Crippen LogP contribution in [0.3, 0.4) is 0 Å². The molecular formula is C25H22N2O4. The Labute approximate surface area is 180 Å². The molecule has 156 valence electrons. The second-order valence-electron chi connectivity index (χ2n) is 7.24. The molecule has 31 heavy (non-hydrogen) atoms. The SMILES string of the molecule is COc1ccc(C(O)=C2C(=O)C(=O)N(CCc3ccccc3)C2c2ccncc2)cc1. The number of hydrogen-bond acceptors (Lipinski definition) is 5. The zero-order valence-corrected chi connectivity index (χ0v) is 17.1. The first-order valence-electron chi connectivity index (χ1n) is 9.97. The van der Waals surface area contributed by atoms with Crippen LogP contribution < -0.4 is 4.74 Å². The number of nitrogens with zero attached hydrogens (tertiary/aromatic N) is 2. The smallest absolute Gasteiger partial charge is 0.295 e. The molecule has 0 aliphatic carbocycles. The third kappa shape index (κ3) is 4.05. The second kappa shape index (κ2) is 8.83. The highest BCUT2D eigenvalue weighted by Gasteiger charge is 2.45. The van der Waals surface area contributed by atoms with E-state index in [0.717, 1.165) is 11.1 Å². The predicted molar refractivity (Wildman–Crippen MR) is 116 cm³/mol. The van der Waals surface area contributed by atoms with Gasteiger partial charge in [-0.2, -0.15) is 0 Å². The number of methoxy groups -OCH3 is 1. The Kier molecular flexibility index (Phi) is 5.80. The molecule has 3 aromatic rings. The van der Waals surface area contributed by atoms with Gasteiger partial charge in [0.2, 0.25) is 0 Å². The molecule has 1 amide bonds. The maximum atomic E-state index is 13.0. The zero-order valence-electron chi connectivity index (χ0n) is 17.1. The van der Waals surface area contributed by atoms with Crippen LogP contribution in [0.4, 0.5) is 0 Å². The number of aromatic nitrogens is 1. The van der Waals surface area contributed by atoms with E-state index in [0.29, 0.717) is 24.3 Å². The van der Waals surface area contributed by atoms with E-state index in [1.807, 2.05) is 30.3 Å². The number of carbonyl (C=O) groups excluding carboxylic acids is 2. The molecule has 6 nitrogen and oxygen atoms in total. The van der Waals surface area contributed by atoms with Crippen molar-refractivity contribution in [1.82, 2.24) is 9.88 Å². The highest BCUT2D eigenvalue weighted by Crippen LogP contribution is 2.39. The highest BCUT2D eigenvalue weighted by atomic mass is 16.5. The number of ether oxygens (including phenoxy) is 1. The molecule has 1 N–H and O–H groups in total. The molecule has 6 heteroatoms. The van der Waals surface area contributed by atoms with Gasteiger partial charge in [0.25, 0.3) is 11.7 Å². The summed E-state index contributed by atoms with van der Waals surface area (Å²) in [5.41, 5.74) is 2.31. The van der Waals surface area contributed by atoms with Crippen LogP contribution in [0, 0.1) is 0 Å². The number of likely N-dealkylation sites (tertiary alicyclic amines) is 1. The van der Waals surface area contributed by atoms with E-state index in [-0.39, 0.29) is 11.3 Å². The molecule has 1 aromatic heterocycles. The molecule has 0 spiro atoms. The summed E-state index contributed by atoms with van der Waals surface area (Å²) in [5.74, 6) is -0.883. The topological polar surface area (TPSA) is 79.7 Å². The van der Waals surface area contributed by atoms with Crippen LogP contribution in [-0.4, -0.2) is 40.3 Å². The van der Waals surface area contributed by atoms with Gasteiger partial charge in [-0.3, -0.25) is 14.6 Å². The fourth-order valence-electron chi connectivity index (χ4n) is 3.80. The summed E-state index contributed by atoms with van der Waals surface area (Å²) in [7, 11) is 1.55. The van der Waals surface area contributed by atoms with Crippen LogP contribution in [0.15, 0.2) is 84.7 Å². The molecule has 1 fully saturated rings. The largest absolute Gasteiger partial charge is 0.507 e. The first kappa shape index (κ1) is 20.3. The summed E-state index contributed by atoms with van der Waals surface area (Å²) in [6.07, 6.45) is 3.82. The van der Waals surface area contributed by atoms with Crippen LogP contribution in [0.25, 0.3) is 5.76 Å². The molecule has 1 saturated heterocycles.